The van der Waals surface area contributed by atoms with Gasteiger partial charge in [-0.2, -0.15) is 5.10 Å². The summed E-state index contributed by atoms with van der Waals surface area (Å²) in [5.41, 5.74) is 2.11. The van der Waals surface area contributed by atoms with E-state index in [9.17, 15) is 9.18 Å². The van der Waals surface area contributed by atoms with Crippen molar-refractivity contribution in [3.05, 3.63) is 59.8 Å². The Kier molecular flexibility index (Phi) is 7.12. The highest BCUT2D eigenvalue weighted by molar-refractivity contribution is 5.95. The molecule has 8 heteroatoms. The number of nitrogens with zero attached hydrogens (tertiary/aromatic N) is 6. The zero-order valence-corrected chi connectivity index (χ0v) is 18.7. The Hall–Kier alpha value is -3.13. The fraction of sp³-hybridized carbons (Fsp3) is 0.391. The summed E-state index contributed by atoms with van der Waals surface area (Å²) >= 11 is 0. The van der Waals surface area contributed by atoms with E-state index in [1.807, 2.05) is 27.9 Å². The van der Waals surface area contributed by atoms with Gasteiger partial charge in [0.25, 0.3) is 11.9 Å². The molecular formula is C23H29FN6O. The molecule has 1 amide bonds. The summed E-state index contributed by atoms with van der Waals surface area (Å²) in [6.45, 7) is 5.55. The minimum absolute atomic E-state index is 0.0114. The molecule has 0 atom stereocenters. The number of hydrogen-bond donors (Lipinski definition) is 0. The number of benzene rings is 1. The molecule has 0 aliphatic carbocycles. The van der Waals surface area contributed by atoms with E-state index in [4.69, 9.17) is 0 Å². The van der Waals surface area contributed by atoms with Crippen LogP contribution in [0.3, 0.4) is 0 Å². The monoisotopic (exact) mass is 424 g/mol. The van der Waals surface area contributed by atoms with Gasteiger partial charge in [-0.25, -0.2) is 19.0 Å². The molecule has 31 heavy (non-hydrogen) atoms. The second-order valence-electron chi connectivity index (χ2n) is 8.12. The highest BCUT2D eigenvalue weighted by atomic mass is 19.1. The van der Waals surface area contributed by atoms with Crippen LogP contribution in [-0.2, 0) is 0 Å². The largest absolute Gasteiger partial charge is 0.342 e. The third-order valence-electron chi connectivity index (χ3n) is 5.01. The van der Waals surface area contributed by atoms with Gasteiger partial charge in [0.1, 0.15) is 5.82 Å². The van der Waals surface area contributed by atoms with E-state index in [0.717, 1.165) is 18.7 Å². The maximum absolute atomic E-state index is 14.2. The molecule has 2 heterocycles. The van der Waals surface area contributed by atoms with E-state index in [2.05, 4.69) is 20.0 Å². The van der Waals surface area contributed by atoms with Crippen LogP contribution in [-0.4, -0.2) is 69.7 Å². The minimum Gasteiger partial charge on any atom is -0.342 e. The lowest BCUT2D eigenvalue weighted by Gasteiger charge is -2.19. The van der Waals surface area contributed by atoms with Crippen LogP contribution in [0.5, 0.6) is 0 Å². The zero-order valence-electron chi connectivity index (χ0n) is 18.7. The van der Waals surface area contributed by atoms with Crippen molar-refractivity contribution in [2.75, 3.05) is 34.2 Å². The van der Waals surface area contributed by atoms with Crippen LogP contribution in [0.25, 0.3) is 17.2 Å². The summed E-state index contributed by atoms with van der Waals surface area (Å²) < 4.78 is 15.8. The van der Waals surface area contributed by atoms with E-state index < -0.39 is 0 Å². The Bertz CT molecular complexity index is 1050. The van der Waals surface area contributed by atoms with Crippen molar-refractivity contribution in [3.63, 3.8) is 0 Å². The second kappa shape index (κ2) is 9.78. The molecule has 0 bridgehead atoms. The third kappa shape index (κ3) is 5.14. The van der Waals surface area contributed by atoms with Crippen LogP contribution in [0.15, 0.2) is 42.7 Å². The number of hydrogen-bond acceptors (Lipinski definition) is 5. The molecule has 0 fully saturated rings. The van der Waals surface area contributed by atoms with Crippen LogP contribution in [0, 0.1) is 5.82 Å². The van der Waals surface area contributed by atoms with E-state index in [0.29, 0.717) is 29.3 Å². The number of amides is 1. The number of carbonyl (C=O) groups is 1. The Morgan fingerprint density at radius 3 is 2.55 bits per heavy atom. The predicted octanol–water partition coefficient (Wildman–Crippen LogP) is 3.62. The van der Waals surface area contributed by atoms with Gasteiger partial charge in [0.2, 0.25) is 0 Å². The van der Waals surface area contributed by atoms with Crippen LogP contribution >= 0.6 is 0 Å². The van der Waals surface area contributed by atoms with Crippen LogP contribution in [0.1, 0.15) is 42.2 Å². The van der Waals surface area contributed by atoms with Gasteiger partial charge in [-0.1, -0.05) is 26.0 Å². The first-order valence-electron chi connectivity index (χ1n) is 10.4. The zero-order chi connectivity index (χ0) is 22.5. The number of halogens is 1. The Morgan fingerprint density at radius 1 is 1.13 bits per heavy atom. The van der Waals surface area contributed by atoms with Crippen LogP contribution in [0.2, 0.25) is 0 Å². The highest BCUT2D eigenvalue weighted by Gasteiger charge is 2.24. The summed E-state index contributed by atoms with van der Waals surface area (Å²) in [7, 11) is 5.82. The molecular weight excluding hydrogens is 395 g/mol. The van der Waals surface area contributed by atoms with Crippen molar-refractivity contribution in [3.8, 4) is 17.2 Å². The summed E-state index contributed by atoms with van der Waals surface area (Å²) in [5, 5.41) is 4.42. The lowest BCUT2D eigenvalue weighted by Crippen LogP contribution is -2.30. The van der Waals surface area contributed by atoms with E-state index in [1.54, 1.807) is 53.3 Å². The number of rotatable bonds is 8. The average Bonchev–Trinajstić information content (AvgIpc) is 3.19. The van der Waals surface area contributed by atoms with E-state index in [1.165, 1.54) is 6.07 Å². The molecule has 3 rings (SSSR count). The minimum atomic E-state index is -0.355. The molecule has 0 saturated heterocycles. The first-order chi connectivity index (χ1) is 14.8. The first kappa shape index (κ1) is 22.6. The molecule has 0 aliphatic heterocycles. The topological polar surface area (TPSA) is 67.2 Å². The molecule has 0 aliphatic rings. The van der Waals surface area contributed by atoms with Gasteiger partial charge in [0.05, 0.1) is 23.1 Å². The van der Waals surface area contributed by atoms with Crippen molar-refractivity contribution in [1.82, 2.24) is 29.5 Å². The molecule has 0 spiro atoms. The molecule has 7 nitrogen and oxygen atoms in total. The van der Waals surface area contributed by atoms with Gasteiger partial charge >= 0.3 is 0 Å². The normalized spacial score (nSPS) is 11.4. The average molecular weight is 425 g/mol. The van der Waals surface area contributed by atoms with Crippen molar-refractivity contribution < 1.29 is 9.18 Å². The third-order valence-corrected chi connectivity index (χ3v) is 5.01. The molecule has 1 aromatic carbocycles. The van der Waals surface area contributed by atoms with Gasteiger partial charge in [0.15, 0.2) is 0 Å². The van der Waals surface area contributed by atoms with Crippen LogP contribution < -0.4 is 0 Å². The summed E-state index contributed by atoms with van der Waals surface area (Å²) in [5.74, 6) is -0.123. The Labute approximate surface area is 182 Å². The lowest BCUT2D eigenvalue weighted by atomic mass is 10.0. The first-order valence-corrected chi connectivity index (χ1v) is 10.4. The van der Waals surface area contributed by atoms with E-state index in [-0.39, 0.29) is 17.6 Å². The Balaban J connectivity index is 1.93. The molecule has 0 N–H and O–H groups in total. The molecule has 2 aromatic heterocycles. The molecule has 0 radical (unpaired) electrons. The lowest BCUT2D eigenvalue weighted by molar-refractivity contribution is 0.0789. The van der Waals surface area contributed by atoms with Crippen LogP contribution in [0.4, 0.5) is 4.39 Å². The summed E-state index contributed by atoms with van der Waals surface area (Å²) in [6.07, 6.45) is 4.03. The standard InChI is InChI=1S/C23H29FN6O/c1-16(2)21-18(22(31)29(5)14-8-13-28(3)4)15-26-30(21)23-25-12-11-20(27-23)17-9-6-7-10-19(17)24/h6-7,9-12,15-16H,8,13-14H2,1-5H3. The quantitative estimate of drug-likeness (QED) is 0.553. The number of aromatic nitrogens is 4. The van der Waals surface area contributed by atoms with Crippen molar-refractivity contribution in [2.24, 2.45) is 0 Å². The second-order valence-corrected chi connectivity index (χ2v) is 8.12. The molecule has 164 valence electrons. The SMILES string of the molecule is CC(C)c1c(C(=O)N(C)CCCN(C)C)cnn1-c1nccc(-c2ccccc2F)n1. The summed E-state index contributed by atoms with van der Waals surface area (Å²) in [6, 6.07) is 8.12. The van der Waals surface area contributed by atoms with Crippen molar-refractivity contribution in [1.29, 1.82) is 0 Å². The summed E-state index contributed by atoms with van der Waals surface area (Å²) in [4.78, 5) is 25.8. The maximum atomic E-state index is 14.2. The van der Waals surface area contributed by atoms with Gasteiger partial charge in [-0.05, 0) is 51.2 Å². The van der Waals surface area contributed by atoms with Gasteiger partial charge in [0, 0.05) is 25.4 Å². The van der Waals surface area contributed by atoms with Crippen molar-refractivity contribution in [2.45, 2.75) is 26.2 Å². The fourth-order valence-corrected chi connectivity index (χ4v) is 3.44. The highest BCUT2D eigenvalue weighted by Crippen LogP contribution is 2.25. The van der Waals surface area contributed by atoms with Gasteiger partial charge in [-0.15, -0.1) is 0 Å². The van der Waals surface area contributed by atoms with Gasteiger partial charge in [-0.3, -0.25) is 4.79 Å². The fourth-order valence-electron chi connectivity index (χ4n) is 3.44. The van der Waals surface area contributed by atoms with E-state index >= 15 is 0 Å². The van der Waals surface area contributed by atoms with Gasteiger partial charge < -0.3 is 9.80 Å². The number of carbonyl (C=O) groups excluding carboxylic acids is 1. The molecule has 0 saturated carbocycles. The predicted molar refractivity (Wildman–Crippen MR) is 119 cm³/mol. The van der Waals surface area contributed by atoms with Crippen molar-refractivity contribution >= 4 is 5.91 Å². The molecule has 3 aromatic rings. The maximum Gasteiger partial charge on any atom is 0.257 e. The molecule has 0 unspecified atom stereocenters. The smallest absolute Gasteiger partial charge is 0.257 e. The Morgan fingerprint density at radius 2 is 1.87 bits per heavy atom.